The molecule has 2 aromatic carbocycles. The van der Waals surface area contributed by atoms with Crippen LogP contribution in [0.4, 0.5) is 37.7 Å². The molecule has 0 fully saturated rings. The summed E-state index contributed by atoms with van der Waals surface area (Å²) in [5.74, 6) is -0.445. The summed E-state index contributed by atoms with van der Waals surface area (Å²) < 4.78 is 82.0. The Kier molecular flexibility index (Phi) is 5.05. The zero-order valence-corrected chi connectivity index (χ0v) is 12.7. The Morgan fingerprint density at radius 2 is 1.16 bits per heavy atom. The molecule has 0 aliphatic carbocycles. The van der Waals surface area contributed by atoms with Crippen LogP contribution in [0.1, 0.15) is 11.1 Å². The van der Waals surface area contributed by atoms with Gasteiger partial charge in [-0.05, 0) is 36.4 Å². The van der Waals surface area contributed by atoms with Gasteiger partial charge in [0, 0.05) is 22.5 Å². The van der Waals surface area contributed by atoms with Crippen LogP contribution in [0, 0.1) is 0 Å². The Balaban J connectivity index is 2.51. The second kappa shape index (κ2) is 6.73. The average molecular weight is 364 g/mol. The first-order valence-electron chi connectivity index (χ1n) is 7.01. The van der Waals surface area contributed by atoms with E-state index < -0.39 is 42.1 Å². The monoisotopic (exact) mass is 364 g/mol. The minimum Gasteiger partial charge on any atom is -0.457 e. The number of hydrogen-bond acceptors (Lipinski definition) is 3. The van der Waals surface area contributed by atoms with Crippen molar-refractivity contribution in [1.29, 1.82) is 0 Å². The predicted molar refractivity (Wildman–Crippen MR) is 81.3 cm³/mol. The second-order valence-electron chi connectivity index (χ2n) is 5.42. The highest BCUT2D eigenvalue weighted by Gasteiger charge is 2.34. The molecular weight excluding hydrogens is 350 g/mol. The lowest BCUT2D eigenvalue weighted by molar-refractivity contribution is -0.127. The fourth-order valence-corrected chi connectivity index (χ4v) is 2.26. The van der Waals surface area contributed by atoms with Crippen LogP contribution in [-0.4, -0.2) is 12.4 Å². The van der Waals surface area contributed by atoms with Crippen LogP contribution in [0.2, 0.25) is 0 Å². The molecule has 9 heteroatoms. The molecule has 0 aliphatic heterocycles. The van der Waals surface area contributed by atoms with Crippen molar-refractivity contribution in [3.8, 4) is 11.5 Å². The van der Waals surface area contributed by atoms with E-state index in [0.717, 1.165) is 12.1 Å². The van der Waals surface area contributed by atoms with E-state index >= 15 is 0 Å². The van der Waals surface area contributed by atoms with Gasteiger partial charge in [0.05, 0.1) is 12.8 Å². The fourth-order valence-electron chi connectivity index (χ4n) is 2.26. The van der Waals surface area contributed by atoms with Crippen molar-refractivity contribution in [3.05, 3.63) is 47.5 Å². The van der Waals surface area contributed by atoms with Gasteiger partial charge in [-0.2, -0.15) is 26.3 Å². The van der Waals surface area contributed by atoms with Gasteiger partial charge in [-0.1, -0.05) is 0 Å². The molecule has 0 heterocycles. The van der Waals surface area contributed by atoms with Crippen molar-refractivity contribution in [1.82, 2.24) is 0 Å². The van der Waals surface area contributed by atoms with Crippen molar-refractivity contribution >= 4 is 11.4 Å². The first kappa shape index (κ1) is 18.8. The highest BCUT2D eigenvalue weighted by atomic mass is 19.4. The molecule has 0 saturated carbocycles. The van der Waals surface area contributed by atoms with Crippen LogP contribution in [0.15, 0.2) is 36.4 Å². The average Bonchev–Trinajstić information content (AvgIpc) is 2.41. The topological polar surface area (TPSA) is 61.3 Å². The lowest BCUT2D eigenvalue weighted by atomic mass is 10.0. The summed E-state index contributed by atoms with van der Waals surface area (Å²) >= 11 is 0. The molecule has 2 aromatic rings. The highest BCUT2D eigenvalue weighted by Crippen LogP contribution is 2.38. The molecule has 0 amide bonds. The van der Waals surface area contributed by atoms with Crippen LogP contribution in [0.3, 0.4) is 0 Å². The molecule has 4 N–H and O–H groups in total. The van der Waals surface area contributed by atoms with Crippen LogP contribution in [-0.2, 0) is 12.8 Å². The van der Waals surface area contributed by atoms with Crippen molar-refractivity contribution < 1.29 is 31.1 Å². The van der Waals surface area contributed by atoms with Gasteiger partial charge in [0.2, 0.25) is 0 Å². The second-order valence-corrected chi connectivity index (χ2v) is 5.42. The first-order valence-corrected chi connectivity index (χ1v) is 7.01. The molecule has 0 spiro atoms. The molecule has 0 atom stereocenters. The van der Waals surface area contributed by atoms with E-state index in [-0.39, 0.29) is 11.4 Å². The van der Waals surface area contributed by atoms with Crippen LogP contribution < -0.4 is 16.2 Å². The Labute approximate surface area is 139 Å². The molecule has 0 unspecified atom stereocenters. The number of halogens is 6. The maximum absolute atomic E-state index is 12.8. The van der Waals surface area contributed by atoms with Gasteiger partial charge in [-0.3, -0.25) is 0 Å². The maximum atomic E-state index is 12.8. The van der Waals surface area contributed by atoms with Crippen molar-refractivity contribution in [2.75, 3.05) is 11.5 Å². The fraction of sp³-hybridized carbons (Fsp3) is 0.250. The molecule has 0 aromatic heterocycles. The molecule has 25 heavy (non-hydrogen) atoms. The number of rotatable bonds is 4. The summed E-state index contributed by atoms with van der Waals surface area (Å²) in [6.07, 6.45) is -12.2. The van der Waals surface area contributed by atoms with E-state index in [1.165, 1.54) is 24.3 Å². The normalized spacial score (nSPS) is 12.2. The van der Waals surface area contributed by atoms with Gasteiger partial charge >= 0.3 is 12.4 Å². The number of ether oxygens (including phenoxy) is 1. The van der Waals surface area contributed by atoms with E-state index in [4.69, 9.17) is 16.2 Å². The van der Waals surface area contributed by atoms with Crippen LogP contribution in [0.5, 0.6) is 11.5 Å². The van der Waals surface area contributed by atoms with Crippen molar-refractivity contribution in [2.45, 2.75) is 25.2 Å². The SMILES string of the molecule is Nc1ccc(Oc2c(CC(F)(F)F)cc(N)cc2CC(F)(F)F)cc1. The molecule has 2 rings (SSSR count). The van der Waals surface area contributed by atoms with Crippen molar-refractivity contribution in [2.24, 2.45) is 0 Å². The summed E-state index contributed by atoms with van der Waals surface area (Å²) in [7, 11) is 0. The summed E-state index contributed by atoms with van der Waals surface area (Å²) in [6, 6.07) is 7.44. The number of benzene rings is 2. The number of alkyl halides is 6. The van der Waals surface area contributed by atoms with E-state index in [1.807, 2.05) is 0 Å². The summed E-state index contributed by atoms with van der Waals surface area (Å²) in [5.41, 5.74) is 10.2. The molecular formula is C16H14F6N2O. The Bertz CT molecular complexity index is 701. The summed E-state index contributed by atoms with van der Waals surface area (Å²) in [6.45, 7) is 0. The predicted octanol–water partition coefficient (Wildman–Crippen LogP) is 4.85. The van der Waals surface area contributed by atoms with E-state index in [2.05, 4.69) is 0 Å². The third-order valence-electron chi connectivity index (χ3n) is 3.15. The van der Waals surface area contributed by atoms with Gasteiger partial charge < -0.3 is 16.2 Å². The zero-order valence-electron chi connectivity index (χ0n) is 12.7. The van der Waals surface area contributed by atoms with Crippen LogP contribution in [0.25, 0.3) is 0 Å². The number of hydrogen-bond donors (Lipinski definition) is 2. The maximum Gasteiger partial charge on any atom is 0.393 e. The third kappa shape index (κ3) is 5.77. The molecule has 0 saturated heterocycles. The standard InChI is InChI=1S/C16H14F6N2O/c17-15(18,19)7-9-5-12(24)6-10(8-16(20,21)22)14(9)25-13-3-1-11(23)2-4-13/h1-6H,7-8,23-24H2. The summed E-state index contributed by atoms with van der Waals surface area (Å²) in [4.78, 5) is 0. The molecule has 0 bridgehead atoms. The molecule has 136 valence electrons. The Hall–Kier alpha value is -2.58. The minimum atomic E-state index is -4.64. The lowest BCUT2D eigenvalue weighted by Crippen LogP contribution is -2.16. The largest absolute Gasteiger partial charge is 0.457 e. The minimum absolute atomic E-state index is 0.0609. The molecule has 3 nitrogen and oxygen atoms in total. The van der Waals surface area contributed by atoms with Crippen molar-refractivity contribution in [3.63, 3.8) is 0 Å². The third-order valence-corrected chi connectivity index (χ3v) is 3.15. The zero-order chi connectivity index (χ0) is 18.8. The Morgan fingerprint density at radius 1 is 0.720 bits per heavy atom. The smallest absolute Gasteiger partial charge is 0.393 e. The first-order chi connectivity index (χ1) is 11.4. The van der Waals surface area contributed by atoms with Gasteiger partial charge in [0.1, 0.15) is 11.5 Å². The lowest BCUT2D eigenvalue weighted by Gasteiger charge is -2.19. The van der Waals surface area contributed by atoms with Gasteiger partial charge in [-0.15, -0.1) is 0 Å². The number of anilines is 2. The summed E-state index contributed by atoms with van der Waals surface area (Å²) in [5, 5.41) is 0. The van der Waals surface area contributed by atoms with Gasteiger partial charge in [0.15, 0.2) is 0 Å². The Morgan fingerprint density at radius 3 is 1.56 bits per heavy atom. The molecule has 0 radical (unpaired) electrons. The highest BCUT2D eigenvalue weighted by molar-refractivity contribution is 5.55. The quantitative estimate of drug-likeness (QED) is 0.602. The number of nitrogens with two attached hydrogens (primary N) is 2. The van der Waals surface area contributed by atoms with Crippen LogP contribution >= 0.6 is 0 Å². The molecule has 0 aliphatic rings. The van der Waals surface area contributed by atoms with E-state index in [0.29, 0.717) is 5.69 Å². The number of nitrogen functional groups attached to an aromatic ring is 2. The van der Waals surface area contributed by atoms with E-state index in [9.17, 15) is 26.3 Å². The van der Waals surface area contributed by atoms with Gasteiger partial charge in [-0.25, -0.2) is 0 Å². The van der Waals surface area contributed by atoms with E-state index in [1.54, 1.807) is 0 Å². The van der Waals surface area contributed by atoms with Gasteiger partial charge in [0.25, 0.3) is 0 Å².